The van der Waals surface area contributed by atoms with Crippen molar-refractivity contribution in [3.05, 3.63) is 75.0 Å². The minimum absolute atomic E-state index is 0.0234. The molecule has 2 aromatic rings. The molecule has 1 aliphatic heterocycles. The third-order valence-corrected chi connectivity index (χ3v) is 4.11. The van der Waals surface area contributed by atoms with Gasteiger partial charge in [0, 0.05) is 17.2 Å². The van der Waals surface area contributed by atoms with Crippen molar-refractivity contribution in [2.75, 3.05) is 13.2 Å². The van der Waals surface area contributed by atoms with Gasteiger partial charge in [-0.3, -0.25) is 10.1 Å². The highest BCUT2D eigenvalue weighted by atomic mass is 16.6. The molecule has 0 unspecified atom stereocenters. The van der Waals surface area contributed by atoms with E-state index in [4.69, 9.17) is 14.2 Å². The van der Waals surface area contributed by atoms with Crippen LogP contribution in [0.15, 0.2) is 53.2 Å². The number of hydrogen-bond acceptors (Lipinski definition) is 8. The zero-order valence-electron chi connectivity index (χ0n) is 16.3. The number of carbonyl (C=O) groups is 2. The Kier molecular flexibility index (Phi) is 6.21. The van der Waals surface area contributed by atoms with Crippen LogP contribution in [0.1, 0.15) is 23.6 Å². The largest absolute Gasteiger partial charge is 0.482 e. The van der Waals surface area contributed by atoms with E-state index in [9.17, 15) is 19.7 Å². The zero-order valence-corrected chi connectivity index (χ0v) is 16.3. The first-order valence-corrected chi connectivity index (χ1v) is 9.04. The normalized spacial score (nSPS) is 14.3. The molecule has 154 valence electrons. The first-order chi connectivity index (χ1) is 14.4. The fourth-order valence-corrected chi connectivity index (χ4v) is 2.69. The Hall–Kier alpha value is -4.01. The molecule has 0 saturated carbocycles. The van der Waals surface area contributed by atoms with E-state index in [1.165, 1.54) is 12.1 Å². The molecule has 3 rings (SSSR count). The molecule has 9 nitrogen and oxygen atoms in total. The lowest BCUT2D eigenvalue weighted by atomic mass is 10.1. The first-order valence-electron chi connectivity index (χ1n) is 9.04. The van der Waals surface area contributed by atoms with Crippen LogP contribution < -0.4 is 4.74 Å². The van der Waals surface area contributed by atoms with Crippen molar-refractivity contribution in [1.82, 2.24) is 0 Å². The number of hydrogen-bond donors (Lipinski definition) is 0. The average Bonchev–Trinajstić information content (AvgIpc) is 3.07. The molecule has 0 spiro atoms. The van der Waals surface area contributed by atoms with Crippen molar-refractivity contribution >= 4 is 29.6 Å². The second-order valence-corrected chi connectivity index (χ2v) is 6.26. The monoisotopic (exact) mass is 410 g/mol. The number of nitro benzene ring substituents is 1. The van der Waals surface area contributed by atoms with Crippen LogP contribution in [0.3, 0.4) is 0 Å². The molecular weight excluding hydrogens is 392 g/mol. The summed E-state index contributed by atoms with van der Waals surface area (Å²) >= 11 is 0. The number of rotatable bonds is 7. The molecule has 0 amide bonds. The minimum Gasteiger partial charge on any atom is -0.482 e. The summed E-state index contributed by atoms with van der Waals surface area (Å²) < 4.78 is 15.3. The predicted octanol–water partition coefficient (Wildman–Crippen LogP) is 3.19. The van der Waals surface area contributed by atoms with Crippen molar-refractivity contribution in [1.29, 1.82) is 0 Å². The highest BCUT2D eigenvalue weighted by Crippen LogP contribution is 2.24. The lowest BCUT2D eigenvalue weighted by molar-refractivity contribution is -0.385. The highest BCUT2D eigenvalue weighted by Gasteiger charge is 2.25. The Balaban J connectivity index is 1.73. The zero-order chi connectivity index (χ0) is 21.7. The van der Waals surface area contributed by atoms with E-state index in [1.807, 2.05) is 0 Å². The van der Waals surface area contributed by atoms with Gasteiger partial charge in [-0.2, -0.15) is 0 Å². The summed E-state index contributed by atoms with van der Waals surface area (Å²) in [6.45, 7) is 3.40. The molecule has 0 N–H and O–H groups in total. The van der Waals surface area contributed by atoms with E-state index >= 15 is 0 Å². The summed E-state index contributed by atoms with van der Waals surface area (Å²) in [6.07, 6.45) is 1.54. The fourth-order valence-electron chi connectivity index (χ4n) is 2.69. The van der Waals surface area contributed by atoms with Gasteiger partial charge in [0.25, 0.3) is 5.69 Å². The van der Waals surface area contributed by atoms with Crippen LogP contribution in [-0.4, -0.2) is 36.0 Å². The number of aliphatic imine (C=N–C) groups is 1. The second-order valence-electron chi connectivity index (χ2n) is 6.26. The maximum absolute atomic E-state index is 12.1. The smallest absolute Gasteiger partial charge is 0.363 e. The van der Waals surface area contributed by atoms with E-state index in [0.717, 1.165) is 0 Å². The number of esters is 2. The van der Waals surface area contributed by atoms with Crippen LogP contribution in [0.2, 0.25) is 0 Å². The van der Waals surface area contributed by atoms with Crippen LogP contribution >= 0.6 is 0 Å². The van der Waals surface area contributed by atoms with Crippen LogP contribution in [-0.2, 0) is 19.1 Å². The number of aryl methyl sites for hydroxylation is 1. The third-order valence-electron chi connectivity index (χ3n) is 4.11. The Morgan fingerprint density at radius 3 is 2.60 bits per heavy atom. The highest BCUT2D eigenvalue weighted by molar-refractivity contribution is 6.13. The van der Waals surface area contributed by atoms with Crippen LogP contribution in [0, 0.1) is 17.0 Å². The lowest BCUT2D eigenvalue weighted by Gasteiger charge is -2.05. The maximum atomic E-state index is 12.1. The maximum Gasteiger partial charge on any atom is 0.363 e. The lowest BCUT2D eigenvalue weighted by Crippen LogP contribution is -2.14. The fraction of sp³-hybridized carbons (Fsp3) is 0.190. The number of nitro groups is 1. The molecular formula is C21H18N2O7. The quantitative estimate of drug-likeness (QED) is 0.298. The van der Waals surface area contributed by atoms with Gasteiger partial charge in [-0.15, -0.1) is 0 Å². The van der Waals surface area contributed by atoms with Gasteiger partial charge in [-0.1, -0.05) is 12.1 Å². The second kappa shape index (κ2) is 8.99. The van der Waals surface area contributed by atoms with Gasteiger partial charge in [0.15, 0.2) is 12.3 Å². The van der Waals surface area contributed by atoms with E-state index in [0.29, 0.717) is 22.4 Å². The van der Waals surface area contributed by atoms with Crippen LogP contribution in [0.4, 0.5) is 5.69 Å². The number of ether oxygens (including phenoxy) is 3. The molecule has 9 heteroatoms. The molecule has 0 radical (unpaired) electrons. The topological polar surface area (TPSA) is 117 Å². The van der Waals surface area contributed by atoms with Crippen molar-refractivity contribution in [2.24, 2.45) is 4.99 Å². The average molecular weight is 410 g/mol. The van der Waals surface area contributed by atoms with Crippen molar-refractivity contribution < 1.29 is 28.7 Å². The van der Waals surface area contributed by atoms with Crippen LogP contribution in [0.25, 0.3) is 6.08 Å². The molecule has 0 atom stereocenters. The molecule has 0 aliphatic carbocycles. The summed E-state index contributed by atoms with van der Waals surface area (Å²) in [4.78, 5) is 38.1. The summed E-state index contributed by atoms with van der Waals surface area (Å²) in [5.74, 6) is -0.521. The van der Waals surface area contributed by atoms with Crippen molar-refractivity contribution in [3.8, 4) is 5.75 Å². The van der Waals surface area contributed by atoms with Crippen LogP contribution in [0.5, 0.6) is 5.75 Å². The molecule has 1 heterocycles. The Labute approximate surface area is 171 Å². The summed E-state index contributed by atoms with van der Waals surface area (Å²) in [5.41, 5.74) is 1.66. The number of cyclic esters (lactones) is 1. The number of carbonyl (C=O) groups excluding carboxylic acids is 2. The Morgan fingerprint density at radius 1 is 1.23 bits per heavy atom. The third kappa shape index (κ3) is 4.88. The van der Waals surface area contributed by atoms with E-state index in [2.05, 4.69) is 4.99 Å². The first kappa shape index (κ1) is 20.7. The summed E-state index contributed by atoms with van der Waals surface area (Å²) in [5, 5.41) is 10.9. The minimum atomic E-state index is -0.622. The molecule has 2 aromatic carbocycles. The van der Waals surface area contributed by atoms with E-state index in [-0.39, 0.29) is 30.5 Å². The molecule has 30 heavy (non-hydrogen) atoms. The van der Waals surface area contributed by atoms with Gasteiger partial charge in [0.1, 0.15) is 5.75 Å². The van der Waals surface area contributed by atoms with E-state index in [1.54, 1.807) is 50.3 Å². The van der Waals surface area contributed by atoms with Crippen molar-refractivity contribution in [2.45, 2.75) is 13.8 Å². The number of benzene rings is 2. The van der Waals surface area contributed by atoms with E-state index < -0.39 is 16.9 Å². The molecule has 1 aliphatic rings. The Bertz CT molecular complexity index is 1060. The Morgan fingerprint density at radius 2 is 1.97 bits per heavy atom. The van der Waals surface area contributed by atoms with Crippen molar-refractivity contribution in [3.63, 3.8) is 0 Å². The van der Waals surface area contributed by atoms with Gasteiger partial charge in [-0.25, -0.2) is 14.6 Å². The number of nitrogens with zero attached hydrogens (tertiary/aromatic N) is 2. The van der Waals surface area contributed by atoms with Gasteiger partial charge < -0.3 is 14.2 Å². The summed E-state index contributed by atoms with van der Waals surface area (Å²) in [7, 11) is 0. The molecule has 0 bridgehead atoms. The van der Waals surface area contributed by atoms with Gasteiger partial charge >= 0.3 is 11.9 Å². The molecule has 0 fully saturated rings. The molecule has 0 aromatic heterocycles. The SMILES string of the molecule is CCOC(=O)COc1ccc(/C=C2\N=C(c3ccc([N+](=O)[O-])c(C)c3)OC2=O)cc1. The van der Waals surface area contributed by atoms with Gasteiger partial charge in [0.2, 0.25) is 5.90 Å². The van der Waals surface area contributed by atoms with Gasteiger partial charge in [0.05, 0.1) is 11.5 Å². The standard InChI is InChI=1S/C21H18N2O7/c1-3-28-19(24)12-29-16-7-4-14(5-8-16)11-17-21(25)30-20(22-17)15-6-9-18(23(26)27)13(2)10-15/h4-11H,3,12H2,1-2H3/b17-11-. The molecule has 0 saturated heterocycles. The van der Waals surface area contributed by atoms with Gasteiger partial charge in [-0.05, 0) is 49.8 Å². The summed E-state index contributed by atoms with van der Waals surface area (Å²) in [6, 6.07) is 11.1. The predicted molar refractivity (Wildman–Crippen MR) is 107 cm³/mol.